The normalized spacial score (nSPS) is 12.4. The van der Waals surface area contributed by atoms with Gasteiger partial charge in [0.15, 0.2) is 0 Å². The number of carbonyl (C=O) groups excluding carboxylic acids is 1. The first kappa shape index (κ1) is 19.6. The summed E-state index contributed by atoms with van der Waals surface area (Å²) in [4.78, 5) is 16.5. The predicted octanol–water partition coefficient (Wildman–Crippen LogP) is 4.23. The third-order valence-electron chi connectivity index (χ3n) is 4.01. The molecule has 0 radical (unpaired) electrons. The molecule has 25 heavy (non-hydrogen) atoms. The maximum Gasteiger partial charge on any atom is 0.248 e. The minimum Gasteiger partial charge on any atom is -0.369 e. The van der Waals surface area contributed by atoms with Gasteiger partial charge in [0.1, 0.15) is 6.10 Å². The van der Waals surface area contributed by atoms with Crippen molar-refractivity contribution in [1.29, 1.82) is 0 Å². The summed E-state index contributed by atoms with van der Waals surface area (Å²) in [5, 5.41) is 6.09. The van der Waals surface area contributed by atoms with Crippen LogP contribution in [0.3, 0.4) is 0 Å². The summed E-state index contributed by atoms with van der Waals surface area (Å²) < 4.78 is 5.57. The SMILES string of the molecule is Cc1nc(-c2ccc(CCNC(=O)C(C)OCCC(C)C)cc2)cs1. The van der Waals surface area contributed by atoms with Crippen molar-refractivity contribution in [3.05, 3.63) is 40.2 Å². The third-order valence-corrected chi connectivity index (χ3v) is 4.79. The van der Waals surface area contributed by atoms with Crippen molar-refractivity contribution in [3.63, 3.8) is 0 Å². The summed E-state index contributed by atoms with van der Waals surface area (Å²) in [5.74, 6) is 0.546. The fourth-order valence-corrected chi connectivity index (χ4v) is 2.99. The number of ether oxygens (including phenoxy) is 1. The first-order valence-electron chi connectivity index (χ1n) is 8.86. The highest BCUT2D eigenvalue weighted by Gasteiger charge is 2.12. The van der Waals surface area contributed by atoms with E-state index in [2.05, 4.69) is 53.8 Å². The van der Waals surface area contributed by atoms with Crippen LogP contribution in [0.5, 0.6) is 0 Å². The van der Waals surface area contributed by atoms with Crippen LogP contribution in [0, 0.1) is 12.8 Å². The molecule has 2 rings (SSSR count). The molecule has 1 heterocycles. The summed E-state index contributed by atoms with van der Waals surface area (Å²) in [5.41, 5.74) is 3.35. The van der Waals surface area contributed by atoms with Crippen LogP contribution >= 0.6 is 11.3 Å². The third kappa shape index (κ3) is 6.59. The van der Waals surface area contributed by atoms with E-state index < -0.39 is 6.10 Å². The van der Waals surface area contributed by atoms with E-state index in [1.165, 1.54) is 5.56 Å². The standard InChI is InChI=1S/C20H28N2O2S/c1-14(2)10-12-24-15(3)20(23)21-11-9-17-5-7-18(8-6-17)19-13-25-16(4)22-19/h5-8,13-15H,9-12H2,1-4H3,(H,21,23). The lowest BCUT2D eigenvalue weighted by Gasteiger charge is -2.14. The van der Waals surface area contributed by atoms with Crippen LogP contribution in [0.4, 0.5) is 0 Å². The number of hydrogen-bond donors (Lipinski definition) is 1. The van der Waals surface area contributed by atoms with Crippen molar-refractivity contribution < 1.29 is 9.53 Å². The number of carbonyl (C=O) groups is 1. The molecule has 0 aliphatic carbocycles. The number of nitrogens with one attached hydrogen (secondary N) is 1. The lowest BCUT2D eigenvalue weighted by atomic mass is 10.1. The Hall–Kier alpha value is -1.72. The van der Waals surface area contributed by atoms with Gasteiger partial charge >= 0.3 is 0 Å². The number of nitrogens with zero attached hydrogens (tertiary/aromatic N) is 1. The van der Waals surface area contributed by atoms with Crippen LogP contribution in [-0.2, 0) is 16.0 Å². The van der Waals surface area contributed by atoms with Crippen molar-refractivity contribution >= 4 is 17.2 Å². The van der Waals surface area contributed by atoms with E-state index in [1.807, 2.05) is 6.92 Å². The van der Waals surface area contributed by atoms with Gasteiger partial charge in [-0.25, -0.2) is 4.98 Å². The van der Waals surface area contributed by atoms with Gasteiger partial charge in [0, 0.05) is 24.1 Å². The van der Waals surface area contributed by atoms with Crippen LogP contribution in [0.1, 0.15) is 37.8 Å². The zero-order valence-electron chi connectivity index (χ0n) is 15.5. The second kappa shape index (κ2) is 9.68. The lowest BCUT2D eigenvalue weighted by molar-refractivity contribution is -0.131. The minimum absolute atomic E-state index is 0.0432. The van der Waals surface area contributed by atoms with Crippen molar-refractivity contribution in [2.45, 2.75) is 46.6 Å². The molecule has 0 spiro atoms. The smallest absolute Gasteiger partial charge is 0.248 e. The van der Waals surface area contributed by atoms with Gasteiger partial charge in [-0.15, -0.1) is 11.3 Å². The van der Waals surface area contributed by atoms with Crippen molar-refractivity contribution in [2.24, 2.45) is 5.92 Å². The Balaban J connectivity index is 1.73. The van der Waals surface area contributed by atoms with Crippen molar-refractivity contribution in [2.75, 3.05) is 13.2 Å². The van der Waals surface area contributed by atoms with E-state index in [-0.39, 0.29) is 5.91 Å². The Bertz CT molecular complexity index is 665. The highest BCUT2D eigenvalue weighted by molar-refractivity contribution is 7.09. The van der Waals surface area contributed by atoms with Crippen molar-refractivity contribution in [1.82, 2.24) is 10.3 Å². The lowest BCUT2D eigenvalue weighted by Crippen LogP contribution is -2.36. The summed E-state index contributed by atoms with van der Waals surface area (Å²) in [7, 11) is 0. The molecule has 136 valence electrons. The van der Waals surface area contributed by atoms with E-state index in [0.29, 0.717) is 19.1 Å². The summed E-state index contributed by atoms with van der Waals surface area (Å²) in [6, 6.07) is 8.37. The van der Waals surface area contributed by atoms with E-state index in [9.17, 15) is 4.79 Å². The zero-order valence-corrected chi connectivity index (χ0v) is 16.4. The first-order chi connectivity index (χ1) is 12.0. The molecule has 0 fully saturated rings. The fourth-order valence-electron chi connectivity index (χ4n) is 2.37. The summed E-state index contributed by atoms with van der Waals surface area (Å²) in [6.45, 7) is 9.36. The Labute approximate surface area is 154 Å². The molecule has 0 bridgehead atoms. The second-order valence-electron chi connectivity index (χ2n) is 6.69. The summed E-state index contributed by atoms with van der Waals surface area (Å²) >= 11 is 1.66. The average molecular weight is 361 g/mol. The Morgan fingerprint density at radius 2 is 1.96 bits per heavy atom. The number of thiazole rings is 1. The largest absolute Gasteiger partial charge is 0.369 e. The molecule has 0 saturated carbocycles. The molecule has 2 aromatic rings. The van der Waals surface area contributed by atoms with Gasteiger partial charge in [-0.1, -0.05) is 38.1 Å². The highest BCUT2D eigenvalue weighted by Crippen LogP contribution is 2.21. The van der Waals surface area contributed by atoms with Gasteiger partial charge in [0.25, 0.3) is 0 Å². The maximum atomic E-state index is 12.0. The van der Waals surface area contributed by atoms with E-state index >= 15 is 0 Å². The number of benzene rings is 1. The zero-order chi connectivity index (χ0) is 18.2. The number of aromatic nitrogens is 1. The molecular formula is C20H28N2O2S. The van der Waals surface area contributed by atoms with Gasteiger partial charge in [0.2, 0.25) is 5.91 Å². The van der Waals surface area contributed by atoms with Gasteiger partial charge in [0.05, 0.1) is 10.7 Å². The molecule has 1 amide bonds. The van der Waals surface area contributed by atoms with Crippen LogP contribution in [-0.4, -0.2) is 30.1 Å². The van der Waals surface area contributed by atoms with Gasteiger partial charge in [-0.05, 0) is 38.2 Å². The molecule has 1 N–H and O–H groups in total. The Morgan fingerprint density at radius 3 is 2.56 bits per heavy atom. The molecule has 0 saturated heterocycles. The van der Waals surface area contributed by atoms with Crippen LogP contribution in [0.2, 0.25) is 0 Å². The van der Waals surface area contributed by atoms with E-state index in [1.54, 1.807) is 18.3 Å². The highest BCUT2D eigenvalue weighted by atomic mass is 32.1. The van der Waals surface area contributed by atoms with Crippen LogP contribution < -0.4 is 5.32 Å². The first-order valence-corrected chi connectivity index (χ1v) is 9.74. The number of amides is 1. The van der Waals surface area contributed by atoms with Crippen LogP contribution in [0.25, 0.3) is 11.3 Å². The maximum absolute atomic E-state index is 12.0. The number of hydrogen-bond acceptors (Lipinski definition) is 4. The molecule has 5 heteroatoms. The van der Waals surface area contributed by atoms with Crippen molar-refractivity contribution in [3.8, 4) is 11.3 Å². The number of aryl methyl sites for hydroxylation is 1. The molecular weight excluding hydrogens is 332 g/mol. The second-order valence-corrected chi connectivity index (χ2v) is 7.75. The monoisotopic (exact) mass is 360 g/mol. The molecule has 0 aliphatic rings. The van der Waals surface area contributed by atoms with Gasteiger partial charge in [-0.3, -0.25) is 4.79 Å². The topological polar surface area (TPSA) is 51.2 Å². The van der Waals surface area contributed by atoms with E-state index in [4.69, 9.17) is 4.74 Å². The Morgan fingerprint density at radius 1 is 1.24 bits per heavy atom. The molecule has 1 unspecified atom stereocenters. The molecule has 1 atom stereocenters. The molecule has 1 aromatic heterocycles. The van der Waals surface area contributed by atoms with Gasteiger partial charge in [-0.2, -0.15) is 0 Å². The average Bonchev–Trinajstić information content (AvgIpc) is 3.01. The quantitative estimate of drug-likeness (QED) is 0.728. The number of rotatable bonds is 9. The van der Waals surface area contributed by atoms with E-state index in [0.717, 1.165) is 29.1 Å². The fraction of sp³-hybridized carbons (Fsp3) is 0.500. The minimum atomic E-state index is -0.394. The van der Waals surface area contributed by atoms with Crippen LogP contribution in [0.15, 0.2) is 29.6 Å². The van der Waals surface area contributed by atoms with Gasteiger partial charge < -0.3 is 10.1 Å². The molecule has 4 nitrogen and oxygen atoms in total. The molecule has 1 aromatic carbocycles. The molecule has 0 aliphatic heterocycles. The predicted molar refractivity (Wildman–Crippen MR) is 104 cm³/mol. The Kier molecular flexibility index (Phi) is 7.59. The summed E-state index contributed by atoms with van der Waals surface area (Å²) in [6.07, 6.45) is 1.39.